The Hall–Kier alpha value is -1.43. The summed E-state index contributed by atoms with van der Waals surface area (Å²) in [6.45, 7) is 2.61. The van der Waals surface area contributed by atoms with Crippen LogP contribution in [0.2, 0.25) is 0 Å². The van der Waals surface area contributed by atoms with E-state index in [2.05, 4.69) is 32.4 Å². The Morgan fingerprint density at radius 2 is 1.71 bits per heavy atom. The number of nitrogens with zero attached hydrogens (tertiary/aromatic N) is 2. The minimum atomic E-state index is -2.05. The molecule has 274 valence electrons. The number of hydrogen-bond acceptors (Lipinski definition) is 9. The van der Waals surface area contributed by atoms with Gasteiger partial charge in [-0.25, -0.2) is 0 Å². The number of aromatic hydroxyl groups is 2. The van der Waals surface area contributed by atoms with Crippen molar-refractivity contribution in [1.29, 1.82) is 0 Å². The Balaban J connectivity index is 1.10. The summed E-state index contributed by atoms with van der Waals surface area (Å²) in [4.78, 5) is 18.2. The molecule has 9 aliphatic rings. The Morgan fingerprint density at radius 3 is 2.45 bits per heavy atom. The molecule has 0 radical (unpaired) electrons. The van der Waals surface area contributed by atoms with Gasteiger partial charge in [-0.1, -0.05) is 0 Å². The van der Waals surface area contributed by atoms with Crippen molar-refractivity contribution in [2.45, 2.75) is 119 Å². The van der Waals surface area contributed by atoms with Crippen LogP contribution in [0, 0.1) is 11.8 Å². The Morgan fingerprint density at radius 1 is 0.980 bits per heavy atom. The van der Waals surface area contributed by atoms with E-state index < -0.39 is 58.4 Å². The van der Waals surface area contributed by atoms with Crippen LogP contribution in [-0.2, 0) is 20.1 Å². The Labute approximate surface area is 318 Å². The number of rotatable bonds is 7. The van der Waals surface area contributed by atoms with Crippen molar-refractivity contribution < 1.29 is 39.8 Å². The van der Waals surface area contributed by atoms with Crippen LogP contribution in [0.25, 0.3) is 14.7 Å². The molecule has 1 saturated heterocycles. The molecule has 3 heterocycles. The van der Waals surface area contributed by atoms with Crippen LogP contribution in [0.3, 0.4) is 0 Å². The molecule has 5 fully saturated rings. The molecule has 10 nitrogen and oxygen atoms in total. The summed E-state index contributed by atoms with van der Waals surface area (Å²) in [5.74, 6) is 1.50. The molecular formula is C39H45I2N2O8-. The second-order valence-corrected chi connectivity index (χ2v) is 23.9. The summed E-state index contributed by atoms with van der Waals surface area (Å²) in [6.07, 6.45) is 5.69. The summed E-state index contributed by atoms with van der Waals surface area (Å²) < 4.78 is 17.3. The van der Waals surface area contributed by atoms with Gasteiger partial charge in [-0.15, -0.1) is 0 Å². The summed E-state index contributed by atoms with van der Waals surface area (Å²) >= 11 is 0.192. The number of halogens is 2. The average Bonchev–Trinajstić information content (AvgIpc) is 4.03. The van der Waals surface area contributed by atoms with Crippen molar-refractivity contribution in [3.8, 4) is 34.1 Å². The van der Waals surface area contributed by atoms with Crippen LogP contribution in [0.5, 0.6) is 23.0 Å². The maximum absolute atomic E-state index is 13.4. The van der Waals surface area contributed by atoms with Crippen molar-refractivity contribution in [3.63, 3.8) is 0 Å². The van der Waals surface area contributed by atoms with Gasteiger partial charge in [0.25, 0.3) is 0 Å². The molecular weight excluding hydrogens is 878 g/mol. The SMILES string of the molecule is CI([N-]CC1CC1)C1C[C@]2(O)CCC(=O)C3Oc4c(O)c(-c5cc6c7c(c5O)OC5C(O)CC[C@@]8(O)[C@@H](C6)N(CC6CC6)CC[C@]758)cc1c4[C@@]32I. The number of phenolic OH excluding ortho intramolecular Hbond substituents is 2. The van der Waals surface area contributed by atoms with E-state index in [1.807, 2.05) is 12.1 Å². The maximum atomic E-state index is 13.4. The van der Waals surface area contributed by atoms with Gasteiger partial charge >= 0.3 is 308 Å². The first-order valence-electron chi connectivity index (χ1n) is 18.9. The van der Waals surface area contributed by atoms with Gasteiger partial charge in [0.15, 0.2) is 0 Å². The van der Waals surface area contributed by atoms with E-state index in [4.69, 9.17) is 13.0 Å². The van der Waals surface area contributed by atoms with Gasteiger partial charge in [-0.05, 0) is 12.8 Å². The third-order valence-electron chi connectivity index (χ3n) is 14.6. The summed E-state index contributed by atoms with van der Waals surface area (Å²) in [5.41, 5.74) is 1.21. The molecule has 9 atom stereocenters. The molecule has 2 aromatic carbocycles. The van der Waals surface area contributed by atoms with Crippen molar-refractivity contribution in [2.75, 3.05) is 24.6 Å². The standard InChI is InChI=1S/C39H45I2N2O8/c1-41(42-16-18-2-3-18)24-15-36(48)8-6-26(45)35-39(36,40)29-23(24)14-22(31(47)33(29)51-35)21-12-20-13-27-38(49)9-7-25(44)34-37(38,28(20)32(50-34)30(21)46)10-11-43(27)17-19-4-5-19/h12,14,18-19,24-25,27,34-35,44,46-49H,2-11,13,15-17H2,1H3/q-1/t24?,25?,27-,34?,35?,36-,37+,38-,39-/m1/s1. The van der Waals surface area contributed by atoms with Crippen LogP contribution in [0.1, 0.15) is 90.4 Å². The average molecular weight is 924 g/mol. The van der Waals surface area contributed by atoms with Crippen LogP contribution in [-0.4, -0.2) is 96.3 Å². The zero-order valence-corrected chi connectivity index (χ0v) is 33.0. The van der Waals surface area contributed by atoms with Gasteiger partial charge < -0.3 is 0 Å². The van der Waals surface area contributed by atoms with Crippen LogP contribution in [0.15, 0.2) is 12.1 Å². The number of aliphatic hydroxyl groups is 3. The summed E-state index contributed by atoms with van der Waals surface area (Å²) in [7, 11) is 0. The number of phenols is 2. The van der Waals surface area contributed by atoms with Gasteiger partial charge in [-0.2, -0.15) is 0 Å². The molecule has 5 N–H and O–H groups in total. The molecule has 0 amide bonds. The number of benzene rings is 2. The fourth-order valence-electron chi connectivity index (χ4n) is 11.6. The molecule has 4 saturated carbocycles. The molecule has 3 aliphatic heterocycles. The molecule has 11 rings (SSSR count). The number of Topliss-reactive ketones (excluding diaryl/α,β-unsaturated/α-hetero) is 1. The van der Waals surface area contributed by atoms with Gasteiger partial charge in [0.2, 0.25) is 0 Å². The molecule has 51 heavy (non-hydrogen) atoms. The first-order chi connectivity index (χ1) is 24.4. The van der Waals surface area contributed by atoms with Crippen LogP contribution >= 0.6 is 42.7 Å². The quantitative estimate of drug-likeness (QED) is 0.180. The summed E-state index contributed by atoms with van der Waals surface area (Å²) in [6, 6.07) is 3.81. The van der Waals surface area contributed by atoms with E-state index in [1.165, 1.54) is 25.7 Å². The van der Waals surface area contributed by atoms with Gasteiger partial charge in [0.1, 0.15) is 0 Å². The number of piperidine rings is 1. The third-order valence-corrected chi connectivity index (χ3v) is 21.5. The minimum absolute atomic E-state index is 0.0297. The number of carbonyl (C=O) groups excluding carboxylic acids is 1. The first-order valence-corrected chi connectivity index (χ1v) is 24.3. The van der Waals surface area contributed by atoms with E-state index >= 15 is 0 Å². The Kier molecular flexibility index (Phi) is 6.88. The monoisotopic (exact) mass is 923 g/mol. The number of likely N-dealkylation sites (tertiary alicyclic amines) is 1. The van der Waals surface area contributed by atoms with Crippen molar-refractivity contribution >= 4 is 48.5 Å². The van der Waals surface area contributed by atoms with Gasteiger partial charge in [0.05, 0.1) is 0 Å². The molecule has 12 heteroatoms. The van der Waals surface area contributed by atoms with Gasteiger partial charge in [0, 0.05) is 0 Å². The fourth-order valence-corrected chi connectivity index (χ4v) is 17.6. The molecule has 0 aromatic heterocycles. The van der Waals surface area contributed by atoms with E-state index in [-0.39, 0.29) is 39.4 Å². The molecule has 2 bridgehead atoms. The van der Waals surface area contributed by atoms with E-state index in [0.717, 1.165) is 36.3 Å². The molecule has 1 spiro atoms. The summed E-state index contributed by atoms with van der Waals surface area (Å²) in [5, 5.41) is 61.0. The molecule has 4 unspecified atom stereocenters. The second-order valence-electron chi connectivity index (χ2n) is 17.3. The van der Waals surface area contributed by atoms with Gasteiger partial charge in [-0.3, -0.25) is 0 Å². The van der Waals surface area contributed by atoms with E-state index in [9.17, 15) is 30.3 Å². The van der Waals surface area contributed by atoms with Crippen molar-refractivity contribution in [2.24, 2.45) is 11.8 Å². The number of carbonyl (C=O) groups is 1. The van der Waals surface area contributed by atoms with Crippen LogP contribution < -0.4 is 9.47 Å². The van der Waals surface area contributed by atoms with Crippen LogP contribution in [0.4, 0.5) is 0 Å². The topological polar surface area (TPSA) is 154 Å². The fraction of sp³-hybridized carbons (Fsp3) is 0.667. The first kappa shape index (κ1) is 33.0. The number of hydrogen-bond donors (Lipinski definition) is 5. The zero-order chi connectivity index (χ0) is 35.0. The van der Waals surface area contributed by atoms with Crippen molar-refractivity contribution in [1.82, 2.24) is 4.90 Å². The van der Waals surface area contributed by atoms with Crippen molar-refractivity contribution in [3.05, 3.63) is 37.9 Å². The number of alkyl halides is 3. The molecule has 6 aliphatic carbocycles. The van der Waals surface area contributed by atoms with E-state index in [1.54, 1.807) is 0 Å². The predicted molar refractivity (Wildman–Crippen MR) is 205 cm³/mol. The molecule has 2 aromatic rings. The number of ketones is 1. The number of ether oxygens (including phenoxy) is 2. The Bertz CT molecular complexity index is 1920. The third kappa shape index (κ3) is 4.09. The predicted octanol–water partition coefficient (Wildman–Crippen LogP) is 5.45. The zero-order valence-electron chi connectivity index (χ0n) is 28.7. The normalized spacial score (nSPS) is 41.5. The second kappa shape index (κ2) is 10.7. The van der Waals surface area contributed by atoms with E-state index in [0.29, 0.717) is 72.8 Å². The number of aliphatic hydroxyl groups excluding tert-OH is 1.